The summed E-state index contributed by atoms with van der Waals surface area (Å²) in [4.78, 5) is 32.3. The van der Waals surface area contributed by atoms with Crippen LogP contribution in [-0.4, -0.2) is 57.9 Å². The quantitative estimate of drug-likeness (QED) is 0.753. The van der Waals surface area contributed by atoms with E-state index in [1.54, 1.807) is 34.1 Å². The average molecular weight is 425 g/mol. The number of amides is 2. The molecule has 1 aromatic heterocycles. The zero-order valence-corrected chi connectivity index (χ0v) is 15.5. The first-order valence-corrected chi connectivity index (χ1v) is 8.82. The number of nitrogens with zero attached hydrogens (tertiary/aromatic N) is 3. The van der Waals surface area contributed by atoms with Gasteiger partial charge in [-0.25, -0.2) is 4.98 Å². The fourth-order valence-electron chi connectivity index (χ4n) is 2.68. The van der Waals surface area contributed by atoms with Crippen LogP contribution in [0.15, 0.2) is 41.0 Å². The topological polar surface area (TPSA) is 73.7 Å². The Labute approximate surface area is 158 Å². The third-order valence-corrected chi connectivity index (χ3v) is 4.76. The lowest BCUT2D eigenvalue weighted by Gasteiger charge is -2.35. The van der Waals surface area contributed by atoms with Crippen molar-refractivity contribution in [3.63, 3.8) is 0 Å². The summed E-state index contributed by atoms with van der Waals surface area (Å²) >= 11 is 9.30. The van der Waals surface area contributed by atoms with Crippen molar-refractivity contribution in [2.24, 2.45) is 0 Å². The van der Waals surface area contributed by atoms with Gasteiger partial charge in [-0.15, -0.1) is 0 Å². The molecule has 1 fully saturated rings. The van der Waals surface area contributed by atoms with Gasteiger partial charge < -0.3 is 14.9 Å². The van der Waals surface area contributed by atoms with E-state index in [-0.39, 0.29) is 28.3 Å². The zero-order chi connectivity index (χ0) is 18.0. The molecule has 0 saturated carbocycles. The predicted molar refractivity (Wildman–Crippen MR) is 96.9 cm³/mol. The highest BCUT2D eigenvalue weighted by molar-refractivity contribution is 9.10. The molecule has 0 aliphatic carbocycles. The Hall–Kier alpha value is -2.12. The second-order valence-electron chi connectivity index (χ2n) is 5.59. The third kappa shape index (κ3) is 3.77. The van der Waals surface area contributed by atoms with Crippen LogP contribution in [0.2, 0.25) is 5.15 Å². The minimum absolute atomic E-state index is 0.0435. The molecule has 3 rings (SSSR count). The zero-order valence-electron chi connectivity index (χ0n) is 13.2. The maximum absolute atomic E-state index is 12.6. The van der Waals surface area contributed by atoms with Crippen LogP contribution in [0, 0.1) is 0 Å². The molecule has 2 amide bonds. The molecule has 1 aliphatic heterocycles. The summed E-state index contributed by atoms with van der Waals surface area (Å²) in [5.41, 5.74) is 0.595. The van der Waals surface area contributed by atoms with Crippen LogP contribution in [0.5, 0.6) is 5.75 Å². The Morgan fingerprint density at radius 3 is 2.20 bits per heavy atom. The van der Waals surface area contributed by atoms with Gasteiger partial charge >= 0.3 is 0 Å². The lowest BCUT2D eigenvalue weighted by Crippen LogP contribution is -2.50. The highest BCUT2D eigenvalue weighted by Crippen LogP contribution is 2.22. The second-order valence-corrected chi connectivity index (χ2v) is 6.87. The summed E-state index contributed by atoms with van der Waals surface area (Å²) in [6.07, 6.45) is 1.53. The fourth-order valence-corrected chi connectivity index (χ4v) is 3.20. The minimum Gasteiger partial charge on any atom is -0.507 e. The van der Waals surface area contributed by atoms with E-state index in [9.17, 15) is 14.7 Å². The number of benzene rings is 1. The van der Waals surface area contributed by atoms with Crippen LogP contribution in [0.25, 0.3) is 0 Å². The number of piperazine rings is 1. The molecule has 0 atom stereocenters. The largest absolute Gasteiger partial charge is 0.507 e. The summed E-state index contributed by atoms with van der Waals surface area (Å²) in [5.74, 6) is -0.501. The van der Waals surface area contributed by atoms with Crippen LogP contribution in [0.1, 0.15) is 20.7 Å². The number of phenolic OH excluding ortho intramolecular Hbond substituents is 1. The molecule has 0 spiro atoms. The number of rotatable bonds is 2. The SMILES string of the molecule is O=C(c1ccccc1O)N1CCN(C(=O)c2cc(Br)cnc2Cl)CC1. The van der Waals surface area contributed by atoms with Crippen LogP contribution in [0.4, 0.5) is 0 Å². The normalized spacial score (nSPS) is 14.5. The molecule has 0 radical (unpaired) electrons. The lowest BCUT2D eigenvalue weighted by molar-refractivity contribution is 0.0533. The predicted octanol–water partition coefficient (Wildman–Crippen LogP) is 2.80. The maximum Gasteiger partial charge on any atom is 0.257 e. The van der Waals surface area contributed by atoms with Crippen LogP contribution in [0.3, 0.4) is 0 Å². The molecule has 1 saturated heterocycles. The molecule has 1 aromatic carbocycles. The number of carbonyl (C=O) groups excluding carboxylic acids is 2. The van der Waals surface area contributed by atoms with Crippen molar-refractivity contribution >= 4 is 39.3 Å². The van der Waals surface area contributed by atoms with Gasteiger partial charge in [0.1, 0.15) is 10.9 Å². The molecule has 0 unspecified atom stereocenters. The van der Waals surface area contributed by atoms with E-state index < -0.39 is 0 Å². The van der Waals surface area contributed by atoms with Gasteiger partial charge in [0.15, 0.2) is 0 Å². The summed E-state index contributed by atoms with van der Waals surface area (Å²) in [6.45, 7) is 1.55. The molecular weight excluding hydrogens is 410 g/mol. The Bertz CT molecular complexity index is 823. The number of aromatic nitrogens is 1. The van der Waals surface area contributed by atoms with Gasteiger partial charge in [0.2, 0.25) is 0 Å². The molecular formula is C17H15BrClN3O3. The smallest absolute Gasteiger partial charge is 0.257 e. The van der Waals surface area contributed by atoms with Crippen molar-refractivity contribution in [3.05, 3.63) is 57.3 Å². The van der Waals surface area contributed by atoms with Crippen LogP contribution >= 0.6 is 27.5 Å². The Morgan fingerprint density at radius 2 is 1.60 bits per heavy atom. The molecule has 2 heterocycles. The maximum atomic E-state index is 12.6. The van der Waals surface area contributed by atoms with Crippen LogP contribution in [-0.2, 0) is 0 Å². The molecule has 6 nitrogen and oxygen atoms in total. The Balaban J connectivity index is 1.68. The molecule has 1 aliphatic rings. The number of halogens is 2. The molecule has 0 bridgehead atoms. The third-order valence-electron chi connectivity index (χ3n) is 4.02. The van der Waals surface area contributed by atoms with Gasteiger partial charge in [-0.3, -0.25) is 9.59 Å². The number of carbonyl (C=O) groups is 2. The van der Waals surface area contributed by atoms with E-state index in [1.165, 1.54) is 12.3 Å². The van der Waals surface area contributed by atoms with E-state index in [0.29, 0.717) is 36.2 Å². The van der Waals surface area contributed by atoms with Crippen molar-refractivity contribution < 1.29 is 14.7 Å². The van der Waals surface area contributed by atoms with Gasteiger partial charge in [0.25, 0.3) is 11.8 Å². The van der Waals surface area contributed by atoms with Crippen molar-refractivity contribution in [1.82, 2.24) is 14.8 Å². The van der Waals surface area contributed by atoms with E-state index in [0.717, 1.165) is 0 Å². The monoisotopic (exact) mass is 423 g/mol. The molecule has 2 aromatic rings. The molecule has 1 N–H and O–H groups in total. The van der Waals surface area contributed by atoms with E-state index in [1.807, 2.05) is 0 Å². The van der Waals surface area contributed by atoms with Gasteiger partial charge in [0, 0.05) is 36.8 Å². The van der Waals surface area contributed by atoms with Crippen molar-refractivity contribution in [2.45, 2.75) is 0 Å². The van der Waals surface area contributed by atoms with E-state index in [4.69, 9.17) is 11.6 Å². The number of para-hydroxylation sites is 1. The first-order valence-electron chi connectivity index (χ1n) is 7.65. The number of hydrogen-bond donors (Lipinski definition) is 1. The van der Waals surface area contributed by atoms with Crippen molar-refractivity contribution in [3.8, 4) is 5.75 Å². The minimum atomic E-state index is -0.243. The summed E-state index contributed by atoms with van der Waals surface area (Å²) in [5, 5.41) is 9.97. The Kier molecular flexibility index (Phi) is 5.24. The molecule has 130 valence electrons. The van der Waals surface area contributed by atoms with Gasteiger partial charge in [-0.1, -0.05) is 23.7 Å². The first-order chi connectivity index (χ1) is 12.0. The summed E-state index contributed by atoms with van der Waals surface area (Å²) < 4.78 is 0.675. The molecule has 8 heteroatoms. The van der Waals surface area contributed by atoms with Crippen molar-refractivity contribution in [1.29, 1.82) is 0 Å². The number of aromatic hydroxyl groups is 1. The summed E-state index contributed by atoms with van der Waals surface area (Å²) in [6, 6.07) is 8.07. The van der Waals surface area contributed by atoms with Crippen molar-refractivity contribution in [2.75, 3.05) is 26.2 Å². The van der Waals surface area contributed by atoms with E-state index in [2.05, 4.69) is 20.9 Å². The first kappa shape index (κ1) is 17.7. The Morgan fingerprint density at radius 1 is 1.04 bits per heavy atom. The lowest BCUT2D eigenvalue weighted by atomic mass is 10.1. The molecule has 25 heavy (non-hydrogen) atoms. The van der Waals surface area contributed by atoms with E-state index >= 15 is 0 Å². The van der Waals surface area contributed by atoms with Crippen LogP contribution < -0.4 is 0 Å². The fraction of sp³-hybridized carbons (Fsp3) is 0.235. The number of phenols is 1. The average Bonchev–Trinajstić information content (AvgIpc) is 2.63. The number of pyridine rings is 1. The van der Waals surface area contributed by atoms with Gasteiger partial charge in [0.05, 0.1) is 11.1 Å². The second kappa shape index (κ2) is 7.41. The standard InChI is InChI=1S/C17H15BrClN3O3/c18-11-9-13(15(19)20-10-11)17(25)22-7-5-21(6-8-22)16(24)12-3-1-2-4-14(12)23/h1-4,9-10,23H,5-8H2. The highest BCUT2D eigenvalue weighted by Gasteiger charge is 2.27. The highest BCUT2D eigenvalue weighted by atomic mass is 79.9. The van der Waals surface area contributed by atoms with Gasteiger partial charge in [-0.05, 0) is 34.1 Å². The van der Waals surface area contributed by atoms with Gasteiger partial charge in [-0.2, -0.15) is 0 Å². The summed E-state index contributed by atoms with van der Waals surface area (Å²) in [7, 11) is 0. The number of hydrogen-bond acceptors (Lipinski definition) is 4.